The Kier molecular flexibility index (Phi) is 5.98. The molecular formula is C22H28N4O4S. The number of carbonyl (C=O) groups excluding carboxylic acids is 1. The molecule has 1 amide bonds. The van der Waals surface area contributed by atoms with E-state index in [0.29, 0.717) is 43.0 Å². The van der Waals surface area contributed by atoms with Crippen LogP contribution >= 0.6 is 0 Å². The van der Waals surface area contributed by atoms with E-state index in [2.05, 4.69) is 4.98 Å². The Morgan fingerprint density at radius 2 is 2.00 bits per heavy atom. The van der Waals surface area contributed by atoms with E-state index in [-0.39, 0.29) is 24.1 Å². The fourth-order valence-electron chi connectivity index (χ4n) is 4.45. The van der Waals surface area contributed by atoms with Gasteiger partial charge in [-0.25, -0.2) is 13.4 Å². The minimum atomic E-state index is -3.37. The highest BCUT2D eigenvalue weighted by atomic mass is 32.2. The molecule has 0 unspecified atom stereocenters. The van der Waals surface area contributed by atoms with Crippen LogP contribution in [0.1, 0.15) is 53.5 Å². The molecule has 4 rings (SSSR count). The first-order valence-corrected chi connectivity index (χ1v) is 12.5. The van der Waals surface area contributed by atoms with E-state index < -0.39 is 10.0 Å². The number of aryl methyl sites for hydroxylation is 1. The van der Waals surface area contributed by atoms with Gasteiger partial charge < -0.3 is 9.88 Å². The molecule has 0 bridgehead atoms. The van der Waals surface area contributed by atoms with E-state index in [4.69, 9.17) is 4.98 Å². The van der Waals surface area contributed by atoms with Crippen molar-refractivity contribution in [2.75, 3.05) is 19.3 Å². The number of nitrogens with one attached hydrogen (secondary N) is 1. The highest BCUT2D eigenvalue weighted by molar-refractivity contribution is 7.88. The van der Waals surface area contributed by atoms with Gasteiger partial charge in [-0.1, -0.05) is 24.3 Å². The number of benzene rings is 1. The molecule has 2 aliphatic heterocycles. The first kappa shape index (κ1) is 21.7. The van der Waals surface area contributed by atoms with Gasteiger partial charge in [0.05, 0.1) is 30.0 Å². The van der Waals surface area contributed by atoms with Gasteiger partial charge in [0.1, 0.15) is 5.82 Å². The van der Waals surface area contributed by atoms with Crippen LogP contribution in [0.5, 0.6) is 0 Å². The predicted molar refractivity (Wildman–Crippen MR) is 117 cm³/mol. The standard InChI is InChI=1S/C22H28N4O4S/c1-15-7-3-4-8-16(15)13-20(27)26-11-6-5-9-19(26)21-23-18-10-12-25(31(2,29)30)14-17(18)22(28)24-21/h3-4,7-8,19H,5-6,9-14H2,1-2H3,(H,23,24,28)/t19-/m0/s1. The van der Waals surface area contributed by atoms with Crippen LogP contribution < -0.4 is 5.56 Å². The lowest BCUT2D eigenvalue weighted by Gasteiger charge is -2.36. The number of hydrogen-bond donors (Lipinski definition) is 1. The summed E-state index contributed by atoms with van der Waals surface area (Å²) >= 11 is 0. The SMILES string of the molecule is Cc1ccccc1CC(=O)N1CCCC[C@H]1c1nc2c(c(=O)[nH]1)CN(S(C)(=O)=O)CC2. The average molecular weight is 445 g/mol. The van der Waals surface area contributed by atoms with E-state index in [1.165, 1.54) is 4.31 Å². The van der Waals surface area contributed by atoms with Crippen LogP contribution in [0.15, 0.2) is 29.1 Å². The van der Waals surface area contributed by atoms with Gasteiger partial charge in [0, 0.05) is 26.1 Å². The lowest BCUT2D eigenvalue weighted by molar-refractivity contribution is -0.134. The minimum absolute atomic E-state index is 0.0302. The third-order valence-electron chi connectivity index (χ3n) is 6.26. The van der Waals surface area contributed by atoms with Crippen molar-refractivity contribution in [2.45, 2.75) is 51.6 Å². The Morgan fingerprint density at radius 3 is 2.74 bits per heavy atom. The number of fused-ring (bicyclic) bond motifs is 1. The lowest BCUT2D eigenvalue weighted by atomic mass is 9.98. The molecule has 3 heterocycles. The summed E-state index contributed by atoms with van der Waals surface area (Å²) in [5.41, 5.74) is 2.81. The Morgan fingerprint density at radius 1 is 1.23 bits per heavy atom. The number of likely N-dealkylation sites (tertiary alicyclic amines) is 1. The van der Waals surface area contributed by atoms with E-state index in [1.807, 2.05) is 36.1 Å². The van der Waals surface area contributed by atoms with Gasteiger partial charge in [-0.15, -0.1) is 0 Å². The first-order chi connectivity index (χ1) is 14.7. The van der Waals surface area contributed by atoms with Gasteiger partial charge in [0.15, 0.2) is 0 Å². The van der Waals surface area contributed by atoms with Crippen LogP contribution in [-0.4, -0.2) is 52.8 Å². The van der Waals surface area contributed by atoms with Crippen LogP contribution in [0.25, 0.3) is 0 Å². The molecule has 166 valence electrons. The summed E-state index contributed by atoms with van der Waals surface area (Å²) in [6, 6.07) is 7.60. The molecule has 0 saturated carbocycles. The van der Waals surface area contributed by atoms with Crippen LogP contribution in [0.4, 0.5) is 0 Å². The largest absolute Gasteiger partial charge is 0.332 e. The number of amides is 1. The summed E-state index contributed by atoms with van der Waals surface area (Å²) in [6.07, 6.45) is 4.49. The quantitative estimate of drug-likeness (QED) is 0.773. The van der Waals surface area contributed by atoms with E-state index in [9.17, 15) is 18.0 Å². The molecule has 1 atom stereocenters. The Bertz CT molecular complexity index is 1160. The van der Waals surface area contributed by atoms with Crippen molar-refractivity contribution in [3.8, 4) is 0 Å². The summed E-state index contributed by atoms with van der Waals surface area (Å²) in [5.74, 6) is 0.539. The van der Waals surface area contributed by atoms with E-state index in [0.717, 1.165) is 36.6 Å². The van der Waals surface area contributed by atoms with Crippen molar-refractivity contribution >= 4 is 15.9 Å². The number of rotatable bonds is 4. The van der Waals surface area contributed by atoms with Crippen LogP contribution in [0.2, 0.25) is 0 Å². The van der Waals surface area contributed by atoms with Crippen molar-refractivity contribution in [1.29, 1.82) is 0 Å². The topological polar surface area (TPSA) is 103 Å². The van der Waals surface area contributed by atoms with Crippen molar-refractivity contribution < 1.29 is 13.2 Å². The van der Waals surface area contributed by atoms with Crippen molar-refractivity contribution in [2.24, 2.45) is 0 Å². The number of sulfonamides is 1. The highest BCUT2D eigenvalue weighted by Gasteiger charge is 2.32. The summed E-state index contributed by atoms with van der Waals surface area (Å²) in [5, 5.41) is 0. The average Bonchev–Trinajstić information content (AvgIpc) is 2.74. The fraction of sp³-hybridized carbons (Fsp3) is 0.500. The molecule has 0 aliphatic carbocycles. The molecule has 1 aromatic carbocycles. The Labute approximate surface area is 182 Å². The number of piperidine rings is 1. The van der Waals surface area contributed by atoms with Gasteiger partial charge >= 0.3 is 0 Å². The molecule has 2 aliphatic rings. The molecule has 1 fully saturated rings. The Hall–Kier alpha value is -2.52. The summed E-state index contributed by atoms with van der Waals surface area (Å²) in [7, 11) is -3.37. The normalized spacial score (nSPS) is 19.8. The minimum Gasteiger partial charge on any atom is -0.332 e. The third-order valence-corrected chi connectivity index (χ3v) is 7.51. The number of H-pyrrole nitrogens is 1. The van der Waals surface area contributed by atoms with Gasteiger partial charge in [-0.3, -0.25) is 9.59 Å². The second-order valence-electron chi connectivity index (χ2n) is 8.42. The molecule has 8 nitrogen and oxygen atoms in total. The van der Waals surface area contributed by atoms with Crippen molar-refractivity contribution in [3.05, 3.63) is 62.8 Å². The molecule has 1 aromatic heterocycles. The number of nitrogens with zero attached hydrogens (tertiary/aromatic N) is 3. The fourth-order valence-corrected chi connectivity index (χ4v) is 5.23. The van der Waals surface area contributed by atoms with Crippen molar-refractivity contribution in [1.82, 2.24) is 19.2 Å². The zero-order valence-corrected chi connectivity index (χ0v) is 18.7. The molecule has 9 heteroatoms. The maximum Gasteiger partial charge on any atom is 0.255 e. The summed E-state index contributed by atoms with van der Waals surface area (Å²) < 4.78 is 25.0. The monoisotopic (exact) mass is 444 g/mol. The molecule has 0 spiro atoms. The third kappa shape index (κ3) is 4.57. The molecule has 31 heavy (non-hydrogen) atoms. The number of carbonyl (C=O) groups is 1. The zero-order valence-electron chi connectivity index (χ0n) is 17.9. The molecule has 0 radical (unpaired) electrons. The number of aromatic amines is 1. The van der Waals surface area contributed by atoms with Crippen LogP contribution in [0, 0.1) is 6.92 Å². The molecule has 1 N–H and O–H groups in total. The van der Waals surface area contributed by atoms with Gasteiger partial charge in [-0.05, 0) is 37.3 Å². The number of hydrogen-bond acceptors (Lipinski definition) is 5. The maximum absolute atomic E-state index is 13.2. The molecule has 2 aromatic rings. The second-order valence-corrected chi connectivity index (χ2v) is 10.4. The van der Waals surface area contributed by atoms with Gasteiger partial charge in [0.25, 0.3) is 5.56 Å². The highest BCUT2D eigenvalue weighted by Crippen LogP contribution is 2.30. The Balaban J connectivity index is 1.60. The van der Waals surface area contributed by atoms with E-state index >= 15 is 0 Å². The number of aromatic nitrogens is 2. The maximum atomic E-state index is 13.2. The van der Waals surface area contributed by atoms with Crippen molar-refractivity contribution in [3.63, 3.8) is 0 Å². The lowest BCUT2D eigenvalue weighted by Crippen LogP contribution is -2.43. The van der Waals surface area contributed by atoms with E-state index in [1.54, 1.807) is 0 Å². The van der Waals surface area contributed by atoms with Gasteiger partial charge in [-0.2, -0.15) is 4.31 Å². The van der Waals surface area contributed by atoms with Crippen LogP contribution in [0.3, 0.4) is 0 Å². The second kappa shape index (κ2) is 8.55. The van der Waals surface area contributed by atoms with Gasteiger partial charge in [0.2, 0.25) is 15.9 Å². The molecule has 1 saturated heterocycles. The first-order valence-electron chi connectivity index (χ1n) is 10.6. The van der Waals surface area contributed by atoms with Crippen LogP contribution in [-0.2, 0) is 34.2 Å². The summed E-state index contributed by atoms with van der Waals surface area (Å²) in [6.45, 7) is 2.98. The molecular weight excluding hydrogens is 416 g/mol. The smallest absolute Gasteiger partial charge is 0.255 e. The summed E-state index contributed by atoms with van der Waals surface area (Å²) in [4.78, 5) is 35.4. The predicted octanol–water partition coefficient (Wildman–Crippen LogP) is 1.69. The zero-order chi connectivity index (χ0) is 22.2.